The van der Waals surface area contributed by atoms with E-state index in [0.717, 1.165) is 11.1 Å². The van der Waals surface area contributed by atoms with Crippen molar-refractivity contribution in [1.29, 1.82) is 0 Å². The second-order valence-corrected chi connectivity index (χ2v) is 5.91. The summed E-state index contributed by atoms with van der Waals surface area (Å²) in [6, 6.07) is 18.7. The van der Waals surface area contributed by atoms with Crippen molar-refractivity contribution in [3.63, 3.8) is 0 Å². The summed E-state index contributed by atoms with van der Waals surface area (Å²) < 4.78 is 13.1. The molecule has 1 unspecified atom stereocenters. The van der Waals surface area contributed by atoms with Crippen molar-refractivity contribution >= 4 is 34.0 Å². The molecule has 0 nitrogen and oxygen atoms in total. The van der Waals surface area contributed by atoms with Crippen LogP contribution >= 0.6 is 23.2 Å². The highest BCUT2D eigenvalue weighted by molar-refractivity contribution is 6.32. The number of fused-ring (bicyclic) bond motifs is 1. The normalized spacial score (nSPS) is 12.5. The molecular weight excluding hydrogens is 306 g/mol. The number of rotatable bonds is 3. The third-order valence-corrected chi connectivity index (χ3v) is 4.30. The molecule has 106 valence electrons. The second kappa shape index (κ2) is 6.05. The number of halogens is 3. The van der Waals surface area contributed by atoms with Crippen molar-refractivity contribution in [3.8, 4) is 0 Å². The van der Waals surface area contributed by atoms with Gasteiger partial charge in [0.2, 0.25) is 0 Å². The summed E-state index contributed by atoms with van der Waals surface area (Å²) in [5, 5.41) is 2.45. The van der Waals surface area contributed by atoms with Crippen molar-refractivity contribution in [1.82, 2.24) is 0 Å². The molecule has 3 aromatic rings. The van der Waals surface area contributed by atoms with E-state index in [4.69, 9.17) is 23.2 Å². The lowest BCUT2D eigenvalue weighted by molar-refractivity contribution is 0.627. The molecule has 0 spiro atoms. The fourth-order valence-electron chi connectivity index (χ4n) is 2.53. The topological polar surface area (TPSA) is 0 Å². The molecule has 0 aliphatic heterocycles. The first kappa shape index (κ1) is 14.4. The molecule has 3 aromatic carbocycles. The quantitative estimate of drug-likeness (QED) is 0.508. The van der Waals surface area contributed by atoms with Crippen LogP contribution in [0.3, 0.4) is 0 Å². The molecule has 21 heavy (non-hydrogen) atoms. The third-order valence-electron chi connectivity index (χ3n) is 3.58. The molecule has 0 saturated heterocycles. The van der Waals surface area contributed by atoms with Gasteiger partial charge in [-0.05, 0) is 40.5 Å². The zero-order chi connectivity index (χ0) is 14.8. The van der Waals surface area contributed by atoms with Crippen molar-refractivity contribution in [2.24, 2.45) is 0 Å². The summed E-state index contributed by atoms with van der Waals surface area (Å²) in [4.78, 5) is 0. The van der Waals surface area contributed by atoms with E-state index >= 15 is 0 Å². The minimum atomic E-state index is -0.349. The predicted octanol–water partition coefficient (Wildman–Crippen LogP) is 6.15. The second-order valence-electron chi connectivity index (χ2n) is 4.98. The standard InChI is InChI=1S/C18H13Cl2F/c19-17(16-9-8-14(21)11-18(16)20)10-13-6-3-5-12-4-1-2-7-15(12)13/h1-9,11,17H,10H2. The number of alkyl halides is 1. The van der Waals surface area contributed by atoms with Crippen LogP contribution in [-0.2, 0) is 6.42 Å². The lowest BCUT2D eigenvalue weighted by Crippen LogP contribution is -1.98. The molecule has 0 aromatic heterocycles. The van der Waals surface area contributed by atoms with Gasteiger partial charge in [0.1, 0.15) is 5.82 Å². The van der Waals surface area contributed by atoms with Crippen LogP contribution in [0.4, 0.5) is 4.39 Å². The average Bonchev–Trinajstić information content (AvgIpc) is 2.47. The van der Waals surface area contributed by atoms with E-state index in [-0.39, 0.29) is 11.2 Å². The van der Waals surface area contributed by atoms with Gasteiger partial charge in [-0.2, -0.15) is 0 Å². The molecule has 0 amide bonds. The Hall–Kier alpha value is -1.57. The van der Waals surface area contributed by atoms with Crippen LogP contribution < -0.4 is 0 Å². The lowest BCUT2D eigenvalue weighted by atomic mass is 9.98. The Bertz CT molecular complexity index is 778. The van der Waals surface area contributed by atoms with Crippen LogP contribution in [0.1, 0.15) is 16.5 Å². The molecule has 3 heteroatoms. The number of benzene rings is 3. The van der Waals surface area contributed by atoms with Gasteiger partial charge in [-0.15, -0.1) is 11.6 Å². The SMILES string of the molecule is Fc1ccc(C(Cl)Cc2cccc3ccccc23)c(Cl)c1. The first-order valence-electron chi connectivity index (χ1n) is 6.71. The van der Waals surface area contributed by atoms with Gasteiger partial charge in [-0.3, -0.25) is 0 Å². The van der Waals surface area contributed by atoms with Gasteiger partial charge in [0.15, 0.2) is 0 Å². The van der Waals surface area contributed by atoms with Gasteiger partial charge in [0.05, 0.1) is 5.38 Å². The Morgan fingerprint density at radius 3 is 2.52 bits per heavy atom. The Morgan fingerprint density at radius 1 is 0.952 bits per heavy atom. The van der Waals surface area contributed by atoms with E-state index in [1.165, 1.54) is 22.9 Å². The largest absolute Gasteiger partial charge is 0.207 e. The molecule has 3 rings (SSSR count). The van der Waals surface area contributed by atoms with Crippen molar-refractivity contribution in [2.75, 3.05) is 0 Å². The summed E-state index contributed by atoms with van der Waals surface area (Å²) >= 11 is 12.6. The Balaban J connectivity index is 1.94. The van der Waals surface area contributed by atoms with Crippen LogP contribution in [0.25, 0.3) is 10.8 Å². The van der Waals surface area contributed by atoms with E-state index in [2.05, 4.69) is 24.3 Å². The predicted molar refractivity (Wildman–Crippen MR) is 87.7 cm³/mol. The van der Waals surface area contributed by atoms with Crippen molar-refractivity contribution < 1.29 is 4.39 Å². The molecule has 0 aliphatic carbocycles. The first-order valence-corrected chi connectivity index (χ1v) is 7.52. The molecule has 0 N–H and O–H groups in total. The van der Waals surface area contributed by atoms with E-state index in [9.17, 15) is 4.39 Å². The minimum Gasteiger partial charge on any atom is -0.207 e. The van der Waals surface area contributed by atoms with Crippen molar-refractivity contribution in [2.45, 2.75) is 11.8 Å². The van der Waals surface area contributed by atoms with E-state index in [0.29, 0.717) is 11.4 Å². The van der Waals surface area contributed by atoms with Gasteiger partial charge in [-0.1, -0.05) is 60.1 Å². The number of hydrogen-bond donors (Lipinski definition) is 0. The fourth-order valence-corrected chi connectivity index (χ4v) is 3.24. The van der Waals surface area contributed by atoms with E-state index in [1.54, 1.807) is 6.07 Å². The average molecular weight is 319 g/mol. The zero-order valence-corrected chi connectivity index (χ0v) is 12.7. The minimum absolute atomic E-state index is 0.288. The van der Waals surface area contributed by atoms with Gasteiger partial charge in [0, 0.05) is 5.02 Å². The molecule has 0 saturated carbocycles. The number of hydrogen-bond acceptors (Lipinski definition) is 0. The molecule has 1 atom stereocenters. The summed E-state index contributed by atoms with van der Waals surface area (Å²) in [5.74, 6) is -0.349. The van der Waals surface area contributed by atoms with Gasteiger partial charge < -0.3 is 0 Å². The van der Waals surface area contributed by atoms with E-state index < -0.39 is 0 Å². The summed E-state index contributed by atoms with van der Waals surface area (Å²) in [5.41, 5.74) is 1.92. The monoisotopic (exact) mass is 318 g/mol. The Morgan fingerprint density at radius 2 is 1.71 bits per heavy atom. The maximum absolute atomic E-state index is 13.1. The van der Waals surface area contributed by atoms with Gasteiger partial charge >= 0.3 is 0 Å². The Labute approximate surface area is 133 Å². The lowest BCUT2D eigenvalue weighted by Gasteiger charge is -2.13. The molecule has 0 aliphatic rings. The van der Waals surface area contributed by atoms with Gasteiger partial charge in [-0.25, -0.2) is 4.39 Å². The highest BCUT2D eigenvalue weighted by Gasteiger charge is 2.14. The van der Waals surface area contributed by atoms with Crippen LogP contribution in [0.2, 0.25) is 5.02 Å². The molecular formula is C18H13Cl2F. The van der Waals surface area contributed by atoms with Crippen molar-refractivity contribution in [3.05, 3.63) is 82.6 Å². The molecule has 0 heterocycles. The zero-order valence-electron chi connectivity index (χ0n) is 11.2. The molecule has 0 radical (unpaired) electrons. The first-order chi connectivity index (χ1) is 10.1. The smallest absolute Gasteiger partial charge is 0.124 e. The summed E-state index contributed by atoms with van der Waals surface area (Å²) in [7, 11) is 0. The highest BCUT2D eigenvalue weighted by Crippen LogP contribution is 2.33. The van der Waals surface area contributed by atoms with Crippen LogP contribution in [0, 0.1) is 5.82 Å². The van der Waals surface area contributed by atoms with Crippen LogP contribution in [0.5, 0.6) is 0 Å². The maximum Gasteiger partial charge on any atom is 0.124 e. The third kappa shape index (κ3) is 3.04. The summed E-state index contributed by atoms with van der Waals surface area (Å²) in [6.07, 6.45) is 0.647. The van der Waals surface area contributed by atoms with E-state index in [1.807, 2.05) is 18.2 Å². The van der Waals surface area contributed by atoms with Crippen LogP contribution in [0.15, 0.2) is 60.7 Å². The maximum atomic E-state index is 13.1. The van der Waals surface area contributed by atoms with Gasteiger partial charge in [0.25, 0.3) is 0 Å². The molecule has 0 fully saturated rings. The fraction of sp³-hybridized carbons (Fsp3) is 0.111. The van der Waals surface area contributed by atoms with Crippen LogP contribution in [-0.4, -0.2) is 0 Å². The highest BCUT2D eigenvalue weighted by atomic mass is 35.5. The molecule has 0 bridgehead atoms. The summed E-state index contributed by atoms with van der Waals surface area (Å²) in [6.45, 7) is 0. The Kier molecular flexibility index (Phi) is 4.14.